The van der Waals surface area contributed by atoms with E-state index in [4.69, 9.17) is 11.6 Å². The number of hydrogen-bond acceptors (Lipinski definition) is 7. The first-order chi connectivity index (χ1) is 15.0. The molecule has 9 nitrogen and oxygen atoms in total. The summed E-state index contributed by atoms with van der Waals surface area (Å²) in [5.41, 5.74) is 1.85. The summed E-state index contributed by atoms with van der Waals surface area (Å²) in [5, 5.41) is 3.34. The molecule has 1 atom stereocenters. The van der Waals surface area contributed by atoms with Crippen molar-refractivity contribution in [2.75, 3.05) is 9.62 Å². The predicted octanol–water partition coefficient (Wildman–Crippen LogP) is 3.75. The Morgan fingerprint density at radius 1 is 1.06 bits per heavy atom. The molecule has 0 saturated heterocycles. The summed E-state index contributed by atoms with van der Waals surface area (Å²) in [4.78, 5) is 20.2. The van der Waals surface area contributed by atoms with E-state index in [1.165, 1.54) is 17.0 Å². The third-order valence-corrected chi connectivity index (χ3v) is 7.09. The second-order valence-corrected chi connectivity index (χ2v) is 8.98. The Kier molecular flexibility index (Phi) is 4.60. The molecule has 0 spiro atoms. The van der Waals surface area contributed by atoms with Gasteiger partial charge in [0.1, 0.15) is 22.6 Å². The molecule has 31 heavy (non-hydrogen) atoms. The summed E-state index contributed by atoms with van der Waals surface area (Å²) < 4.78 is 28.5. The van der Waals surface area contributed by atoms with Crippen LogP contribution in [0.2, 0.25) is 5.02 Å². The van der Waals surface area contributed by atoms with Crippen molar-refractivity contribution >= 4 is 55.8 Å². The Morgan fingerprint density at radius 3 is 2.68 bits per heavy atom. The van der Waals surface area contributed by atoms with E-state index in [1.807, 2.05) is 6.07 Å². The summed E-state index contributed by atoms with van der Waals surface area (Å²) in [6, 6.07) is 13.1. The average molecular weight is 454 g/mol. The molecular formula is C20H16ClN7O2S. The summed E-state index contributed by atoms with van der Waals surface area (Å²) >= 11 is 6.27. The first-order valence-electron chi connectivity index (χ1n) is 9.35. The number of rotatable bonds is 4. The zero-order chi connectivity index (χ0) is 21.6. The van der Waals surface area contributed by atoms with Gasteiger partial charge in [-0.05, 0) is 31.2 Å². The first-order valence-corrected chi connectivity index (χ1v) is 11.2. The van der Waals surface area contributed by atoms with Crippen LogP contribution in [0.4, 0.5) is 17.2 Å². The first kappa shape index (κ1) is 19.5. The van der Waals surface area contributed by atoms with Gasteiger partial charge in [-0.3, -0.25) is 0 Å². The maximum absolute atomic E-state index is 13.7. The molecule has 11 heteroatoms. The minimum Gasteiger partial charge on any atom is -0.358 e. The van der Waals surface area contributed by atoms with Gasteiger partial charge in [0.25, 0.3) is 10.0 Å². The van der Waals surface area contributed by atoms with Crippen molar-refractivity contribution in [3.8, 4) is 0 Å². The highest BCUT2D eigenvalue weighted by molar-refractivity contribution is 7.94. The van der Waals surface area contributed by atoms with Crippen LogP contribution in [0.25, 0.3) is 11.2 Å². The van der Waals surface area contributed by atoms with Crippen molar-refractivity contribution in [1.82, 2.24) is 19.9 Å². The maximum atomic E-state index is 13.7. The van der Waals surface area contributed by atoms with Gasteiger partial charge in [0.05, 0.1) is 28.8 Å². The van der Waals surface area contributed by atoms with E-state index in [1.54, 1.807) is 49.4 Å². The number of imidazole rings is 1. The zero-order valence-corrected chi connectivity index (χ0v) is 17.8. The van der Waals surface area contributed by atoms with Crippen molar-refractivity contribution in [2.45, 2.75) is 17.9 Å². The number of halogens is 1. The number of amidine groups is 1. The minimum absolute atomic E-state index is 0.0202. The number of aromatic amines is 1. The molecule has 0 fully saturated rings. The van der Waals surface area contributed by atoms with Crippen LogP contribution >= 0.6 is 11.6 Å². The van der Waals surface area contributed by atoms with Gasteiger partial charge in [-0.2, -0.15) is 0 Å². The van der Waals surface area contributed by atoms with Gasteiger partial charge >= 0.3 is 0 Å². The molecule has 0 saturated carbocycles. The second kappa shape index (κ2) is 7.33. The maximum Gasteiger partial charge on any atom is 0.273 e. The number of benzene rings is 2. The lowest BCUT2D eigenvalue weighted by Gasteiger charge is -2.33. The molecule has 0 bridgehead atoms. The standard InChI is InChI=1S/C20H16ClN7O2S/c1-12(26-19-16-18(23-10-22-16)24-11-25-19)20-27-15-9-5-8-14(21)17(15)31(29,30)28(20)13-6-3-2-4-7-13/h2-12H,1H3,(H2,22,23,24,25,26). The van der Waals surface area contributed by atoms with E-state index in [0.29, 0.717) is 22.7 Å². The smallest absolute Gasteiger partial charge is 0.273 e. The highest BCUT2D eigenvalue weighted by Crippen LogP contribution is 2.40. The average Bonchev–Trinajstić information content (AvgIpc) is 3.23. The van der Waals surface area contributed by atoms with Gasteiger partial charge in [0.15, 0.2) is 11.5 Å². The molecule has 0 radical (unpaired) electrons. The molecule has 2 aromatic heterocycles. The summed E-state index contributed by atoms with van der Waals surface area (Å²) in [7, 11) is -4.01. The third-order valence-electron chi connectivity index (χ3n) is 4.84. The number of sulfonamides is 1. The Balaban J connectivity index is 1.66. The van der Waals surface area contributed by atoms with Crippen LogP contribution in [-0.4, -0.2) is 40.2 Å². The Hall–Kier alpha value is -3.50. The number of anilines is 2. The monoisotopic (exact) mass is 453 g/mol. The lowest BCUT2D eigenvalue weighted by Crippen LogP contribution is -2.47. The molecular weight excluding hydrogens is 438 g/mol. The van der Waals surface area contributed by atoms with Crippen LogP contribution in [-0.2, 0) is 10.0 Å². The highest BCUT2D eigenvalue weighted by atomic mass is 35.5. The molecule has 2 aromatic carbocycles. The van der Waals surface area contributed by atoms with Gasteiger partial charge in [-0.25, -0.2) is 32.7 Å². The Labute approximate surface area is 182 Å². The van der Waals surface area contributed by atoms with Crippen molar-refractivity contribution in [1.29, 1.82) is 0 Å². The summed E-state index contributed by atoms with van der Waals surface area (Å²) in [5.74, 6) is 0.743. The Morgan fingerprint density at radius 2 is 1.87 bits per heavy atom. The van der Waals surface area contributed by atoms with E-state index in [0.717, 1.165) is 0 Å². The predicted molar refractivity (Wildman–Crippen MR) is 119 cm³/mol. The number of nitrogens with one attached hydrogen (secondary N) is 2. The lowest BCUT2D eigenvalue weighted by molar-refractivity contribution is 0.596. The Bertz CT molecular complexity index is 1420. The molecule has 5 rings (SSSR count). The largest absolute Gasteiger partial charge is 0.358 e. The third kappa shape index (κ3) is 3.20. The molecule has 0 aliphatic carbocycles. The SMILES string of the molecule is CC(Nc1ncnc2[nH]cnc12)C1=Nc2cccc(Cl)c2S(=O)(=O)N1c1ccccc1. The normalized spacial score (nSPS) is 15.9. The van der Waals surface area contributed by atoms with E-state index >= 15 is 0 Å². The molecule has 4 aromatic rings. The quantitative estimate of drug-likeness (QED) is 0.486. The van der Waals surface area contributed by atoms with Crippen molar-refractivity contribution in [3.63, 3.8) is 0 Å². The number of para-hydroxylation sites is 1. The number of H-pyrrole nitrogens is 1. The van der Waals surface area contributed by atoms with Gasteiger partial charge in [0.2, 0.25) is 0 Å². The van der Waals surface area contributed by atoms with E-state index in [-0.39, 0.29) is 21.4 Å². The van der Waals surface area contributed by atoms with Gasteiger partial charge in [-0.1, -0.05) is 35.9 Å². The fraction of sp³-hybridized carbons (Fsp3) is 0.100. The second-order valence-electron chi connectivity index (χ2n) is 6.85. The van der Waals surface area contributed by atoms with Crippen LogP contribution in [0.1, 0.15) is 6.92 Å². The van der Waals surface area contributed by atoms with Crippen molar-refractivity contribution in [3.05, 3.63) is 66.2 Å². The van der Waals surface area contributed by atoms with Gasteiger partial charge in [0, 0.05) is 0 Å². The number of aromatic nitrogens is 4. The minimum atomic E-state index is -4.01. The molecule has 1 unspecified atom stereocenters. The molecule has 156 valence electrons. The van der Waals surface area contributed by atoms with Gasteiger partial charge < -0.3 is 10.3 Å². The van der Waals surface area contributed by atoms with Crippen molar-refractivity contribution < 1.29 is 8.42 Å². The molecule has 3 heterocycles. The van der Waals surface area contributed by atoms with E-state index < -0.39 is 16.1 Å². The fourth-order valence-corrected chi connectivity index (χ4v) is 5.65. The van der Waals surface area contributed by atoms with E-state index in [9.17, 15) is 8.42 Å². The van der Waals surface area contributed by atoms with Crippen LogP contribution in [0.3, 0.4) is 0 Å². The fourth-order valence-electron chi connectivity index (χ4n) is 3.47. The summed E-state index contributed by atoms with van der Waals surface area (Å²) in [6.45, 7) is 1.81. The zero-order valence-electron chi connectivity index (χ0n) is 16.2. The molecule has 1 aliphatic heterocycles. The number of aliphatic imine (C=N–C) groups is 1. The van der Waals surface area contributed by atoms with Crippen LogP contribution in [0, 0.1) is 0 Å². The van der Waals surface area contributed by atoms with E-state index in [2.05, 4.69) is 30.2 Å². The lowest BCUT2D eigenvalue weighted by atomic mass is 10.2. The van der Waals surface area contributed by atoms with Crippen molar-refractivity contribution in [2.24, 2.45) is 4.99 Å². The number of fused-ring (bicyclic) bond motifs is 2. The van der Waals surface area contributed by atoms with Gasteiger partial charge in [-0.15, -0.1) is 0 Å². The summed E-state index contributed by atoms with van der Waals surface area (Å²) in [6.07, 6.45) is 2.92. The van der Waals surface area contributed by atoms with Crippen LogP contribution in [0.5, 0.6) is 0 Å². The molecule has 0 amide bonds. The number of nitrogens with zero attached hydrogens (tertiary/aromatic N) is 5. The molecule has 1 aliphatic rings. The molecule has 2 N–H and O–H groups in total. The van der Waals surface area contributed by atoms with Crippen LogP contribution < -0.4 is 9.62 Å². The van der Waals surface area contributed by atoms with Crippen LogP contribution in [0.15, 0.2) is 71.1 Å². The number of hydrogen-bond donors (Lipinski definition) is 2. The topological polar surface area (TPSA) is 116 Å². The highest BCUT2D eigenvalue weighted by Gasteiger charge is 2.39.